The molecule has 1 aromatic heterocycles. The lowest BCUT2D eigenvalue weighted by Gasteiger charge is -2.32. The molecule has 1 saturated heterocycles. The third-order valence-corrected chi connectivity index (χ3v) is 3.38. The second kappa shape index (κ2) is 6.49. The molecule has 0 aliphatic carbocycles. The molecule has 0 N–H and O–H groups in total. The average Bonchev–Trinajstić information content (AvgIpc) is 2.37. The SMILES string of the molecule is CCCOC1CCCN(c2ncc(I)cn2)C1. The summed E-state index contributed by atoms with van der Waals surface area (Å²) in [5, 5.41) is 0. The number of aromatic nitrogens is 2. The molecule has 0 saturated carbocycles. The Kier molecular flexibility index (Phi) is 4.97. The third-order valence-electron chi connectivity index (χ3n) is 2.83. The first-order valence-electron chi connectivity index (χ1n) is 6.13. The fourth-order valence-electron chi connectivity index (χ4n) is 2.01. The molecular weight excluding hydrogens is 329 g/mol. The molecule has 1 aromatic rings. The lowest BCUT2D eigenvalue weighted by molar-refractivity contribution is 0.0437. The molecule has 0 aromatic carbocycles. The van der Waals surface area contributed by atoms with Gasteiger partial charge in [-0.05, 0) is 41.9 Å². The highest BCUT2D eigenvalue weighted by atomic mass is 127. The summed E-state index contributed by atoms with van der Waals surface area (Å²) >= 11 is 2.22. The topological polar surface area (TPSA) is 38.2 Å². The lowest BCUT2D eigenvalue weighted by Crippen LogP contribution is -2.40. The summed E-state index contributed by atoms with van der Waals surface area (Å²) in [6.07, 6.45) is 7.45. The van der Waals surface area contributed by atoms with Gasteiger partial charge in [0.1, 0.15) is 0 Å². The zero-order valence-electron chi connectivity index (χ0n) is 10.1. The number of hydrogen-bond acceptors (Lipinski definition) is 4. The van der Waals surface area contributed by atoms with Crippen molar-refractivity contribution in [2.24, 2.45) is 0 Å². The van der Waals surface area contributed by atoms with Gasteiger partial charge in [-0.2, -0.15) is 0 Å². The number of ether oxygens (including phenoxy) is 1. The van der Waals surface area contributed by atoms with E-state index in [9.17, 15) is 0 Å². The van der Waals surface area contributed by atoms with Crippen LogP contribution >= 0.6 is 22.6 Å². The van der Waals surface area contributed by atoms with Crippen molar-refractivity contribution in [2.75, 3.05) is 24.6 Å². The summed E-state index contributed by atoms with van der Waals surface area (Å²) in [4.78, 5) is 11.0. The number of rotatable bonds is 4. The lowest BCUT2D eigenvalue weighted by atomic mass is 10.1. The van der Waals surface area contributed by atoms with E-state index in [1.54, 1.807) is 0 Å². The van der Waals surface area contributed by atoms with Crippen LogP contribution in [0.4, 0.5) is 5.95 Å². The van der Waals surface area contributed by atoms with Gasteiger partial charge in [-0.15, -0.1) is 0 Å². The Morgan fingerprint density at radius 2 is 2.24 bits per heavy atom. The molecular formula is C12H18IN3O. The summed E-state index contributed by atoms with van der Waals surface area (Å²) in [5.41, 5.74) is 0. The highest BCUT2D eigenvalue weighted by Crippen LogP contribution is 2.18. The van der Waals surface area contributed by atoms with Crippen molar-refractivity contribution in [3.8, 4) is 0 Å². The van der Waals surface area contributed by atoms with E-state index in [0.717, 1.165) is 48.5 Å². The molecule has 1 fully saturated rings. The van der Waals surface area contributed by atoms with Crippen LogP contribution in [0.1, 0.15) is 26.2 Å². The quantitative estimate of drug-likeness (QED) is 0.785. The zero-order valence-corrected chi connectivity index (χ0v) is 12.3. The van der Waals surface area contributed by atoms with Crippen LogP contribution in [0.2, 0.25) is 0 Å². The first-order chi connectivity index (χ1) is 8.29. The van der Waals surface area contributed by atoms with Gasteiger partial charge in [-0.1, -0.05) is 6.92 Å². The first kappa shape index (κ1) is 13.0. The van der Waals surface area contributed by atoms with Crippen LogP contribution in [-0.4, -0.2) is 35.8 Å². The minimum Gasteiger partial charge on any atom is -0.376 e. The van der Waals surface area contributed by atoms with Crippen molar-refractivity contribution in [1.29, 1.82) is 0 Å². The number of nitrogens with zero attached hydrogens (tertiary/aromatic N) is 3. The van der Waals surface area contributed by atoms with Crippen LogP contribution in [-0.2, 0) is 4.74 Å². The second-order valence-electron chi connectivity index (χ2n) is 4.28. The Balaban J connectivity index is 1.94. The Hall–Kier alpha value is -0.430. The van der Waals surface area contributed by atoms with E-state index in [-0.39, 0.29) is 0 Å². The van der Waals surface area contributed by atoms with Crippen molar-refractivity contribution >= 4 is 28.5 Å². The van der Waals surface area contributed by atoms with Gasteiger partial charge in [-0.3, -0.25) is 0 Å². The molecule has 5 heteroatoms. The van der Waals surface area contributed by atoms with Gasteiger partial charge in [0.05, 0.1) is 6.10 Å². The van der Waals surface area contributed by atoms with Crippen molar-refractivity contribution in [3.63, 3.8) is 0 Å². The van der Waals surface area contributed by atoms with Gasteiger partial charge in [0.15, 0.2) is 0 Å². The molecule has 0 amide bonds. The van der Waals surface area contributed by atoms with E-state index in [4.69, 9.17) is 4.74 Å². The predicted octanol–water partition coefficient (Wildman–Crippen LogP) is 2.48. The molecule has 2 heterocycles. The normalized spacial score (nSPS) is 20.6. The molecule has 0 radical (unpaired) electrons. The molecule has 0 spiro atoms. The maximum Gasteiger partial charge on any atom is 0.225 e. The zero-order chi connectivity index (χ0) is 12.1. The smallest absolute Gasteiger partial charge is 0.225 e. The largest absolute Gasteiger partial charge is 0.376 e. The van der Waals surface area contributed by atoms with Crippen molar-refractivity contribution < 1.29 is 4.74 Å². The van der Waals surface area contributed by atoms with Gasteiger partial charge in [0.25, 0.3) is 0 Å². The number of hydrogen-bond donors (Lipinski definition) is 0. The molecule has 94 valence electrons. The van der Waals surface area contributed by atoms with E-state index in [1.807, 2.05) is 12.4 Å². The summed E-state index contributed by atoms with van der Waals surface area (Å²) in [5.74, 6) is 0.829. The van der Waals surface area contributed by atoms with Crippen LogP contribution in [0.3, 0.4) is 0 Å². The van der Waals surface area contributed by atoms with Gasteiger partial charge in [0.2, 0.25) is 5.95 Å². The van der Waals surface area contributed by atoms with Crippen molar-refractivity contribution in [3.05, 3.63) is 16.0 Å². The molecule has 4 nitrogen and oxygen atoms in total. The molecule has 1 atom stereocenters. The molecule has 1 unspecified atom stereocenters. The molecule has 2 rings (SSSR count). The van der Waals surface area contributed by atoms with E-state index in [0.29, 0.717) is 6.10 Å². The molecule has 1 aliphatic rings. The fraction of sp³-hybridized carbons (Fsp3) is 0.667. The maximum atomic E-state index is 5.81. The summed E-state index contributed by atoms with van der Waals surface area (Å²) in [6, 6.07) is 0. The highest BCUT2D eigenvalue weighted by Gasteiger charge is 2.21. The maximum absolute atomic E-state index is 5.81. The van der Waals surface area contributed by atoms with Crippen LogP contribution in [0.25, 0.3) is 0 Å². The van der Waals surface area contributed by atoms with E-state index in [1.165, 1.54) is 0 Å². The Morgan fingerprint density at radius 3 is 2.94 bits per heavy atom. The Bertz CT molecular complexity index is 344. The van der Waals surface area contributed by atoms with E-state index in [2.05, 4.69) is 44.4 Å². The summed E-state index contributed by atoms with van der Waals surface area (Å²) in [6.45, 7) is 4.95. The van der Waals surface area contributed by atoms with Gasteiger partial charge in [-0.25, -0.2) is 9.97 Å². The first-order valence-corrected chi connectivity index (χ1v) is 7.21. The Labute approximate surface area is 116 Å². The standard InChI is InChI=1S/C12H18IN3O/c1-2-6-17-11-4-3-5-16(9-11)12-14-7-10(13)8-15-12/h7-8,11H,2-6,9H2,1H3. The van der Waals surface area contributed by atoms with Gasteiger partial charge < -0.3 is 9.64 Å². The Morgan fingerprint density at radius 1 is 1.47 bits per heavy atom. The van der Waals surface area contributed by atoms with Gasteiger partial charge >= 0.3 is 0 Å². The fourth-order valence-corrected chi connectivity index (χ4v) is 2.29. The number of anilines is 1. The molecule has 1 aliphatic heterocycles. The molecule has 0 bridgehead atoms. The number of piperidine rings is 1. The van der Waals surface area contributed by atoms with E-state index >= 15 is 0 Å². The molecule has 17 heavy (non-hydrogen) atoms. The van der Waals surface area contributed by atoms with Gasteiger partial charge in [0, 0.05) is 35.7 Å². The van der Waals surface area contributed by atoms with Crippen LogP contribution < -0.4 is 4.90 Å². The predicted molar refractivity (Wildman–Crippen MR) is 76.2 cm³/mol. The van der Waals surface area contributed by atoms with Crippen LogP contribution in [0, 0.1) is 3.57 Å². The highest BCUT2D eigenvalue weighted by molar-refractivity contribution is 14.1. The van der Waals surface area contributed by atoms with Crippen molar-refractivity contribution in [2.45, 2.75) is 32.3 Å². The minimum absolute atomic E-state index is 0.339. The van der Waals surface area contributed by atoms with Crippen molar-refractivity contribution in [1.82, 2.24) is 9.97 Å². The minimum atomic E-state index is 0.339. The second-order valence-corrected chi connectivity index (χ2v) is 5.53. The third kappa shape index (κ3) is 3.77. The van der Waals surface area contributed by atoms with E-state index < -0.39 is 0 Å². The van der Waals surface area contributed by atoms with Crippen LogP contribution in [0.5, 0.6) is 0 Å². The summed E-state index contributed by atoms with van der Waals surface area (Å²) < 4.78 is 6.88. The number of halogens is 1. The summed E-state index contributed by atoms with van der Waals surface area (Å²) in [7, 11) is 0. The monoisotopic (exact) mass is 347 g/mol. The van der Waals surface area contributed by atoms with Crippen LogP contribution in [0.15, 0.2) is 12.4 Å². The average molecular weight is 347 g/mol.